The van der Waals surface area contributed by atoms with E-state index in [1.807, 2.05) is 18.5 Å². The molecule has 74 valence electrons. The van der Waals surface area contributed by atoms with Crippen molar-refractivity contribution in [2.75, 3.05) is 0 Å². The predicted molar refractivity (Wildman–Crippen MR) is 62.1 cm³/mol. The molecule has 0 unspecified atom stereocenters. The van der Waals surface area contributed by atoms with Crippen molar-refractivity contribution < 1.29 is 0 Å². The maximum Gasteiger partial charge on any atom is 0.0346 e. The summed E-state index contributed by atoms with van der Waals surface area (Å²) in [5.41, 5.74) is 3.53. The maximum atomic E-state index is 4.17. The Morgan fingerprint density at radius 1 is 1.50 bits per heavy atom. The zero-order valence-electron chi connectivity index (χ0n) is 8.96. The minimum Gasteiger partial charge on any atom is -0.264 e. The standard InChI is InChI=1S/C13H17N/c1-4-6-7-12(5-2)13-8-11(3)9-14-10-13/h5,7-10H,2,4,6H2,1,3H3/b12-7+. The molecule has 0 fully saturated rings. The summed E-state index contributed by atoms with van der Waals surface area (Å²) in [6.45, 7) is 8.05. The first kappa shape index (κ1) is 10.7. The van der Waals surface area contributed by atoms with Crippen molar-refractivity contribution in [2.24, 2.45) is 0 Å². The third kappa shape index (κ3) is 2.84. The van der Waals surface area contributed by atoms with Gasteiger partial charge in [-0.05, 0) is 36.1 Å². The van der Waals surface area contributed by atoms with E-state index in [-0.39, 0.29) is 0 Å². The lowest BCUT2D eigenvalue weighted by Crippen LogP contribution is -1.85. The van der Waals surface area contributed by atoms with Crippen molar-refractivity contribution in [2.45, 2.75) is 26.7 Å². The number of hydrogen-bond donors (Lipinski definition) is 0. The third-order valence-electron chi connectivity index (χ3n) is 2.08. The first-order valence-electron chi connectivity index (χ1n) is 5.02. The second-order valence-electron chi connectivity index (χ2n) is 3.40. The van der Waals surface area contributed by atoms with Crippen LogP contribution in [0.5, 0.6) is 0 Å². The molecule has 0 saturated heterocycles. The van der Waals surface area contributed by atoms with Gasteiger partial charge in [-0.2, -0.15) is 0 Å². The zero-order valence-corrected chi connectivity index (χ0v) is 8.96. The van der Waals surface area contributed by atoms with Gasteiger partial charge >= 0.3 is 0 Å². The average Bonchev–Trinajstić information content (AvgIpc) is 2.19. The molecule has 0 spiro atoms. The van der Waals surface area contributed by atoms with Gasteiger partial charge in [-0.1, -0.05) is 32.1 Å². The lowest BCUT2D eigenvalue weighted by Gasteiger charge is -2.02. The number of aryl methyl sites for hydroxylation is 1. The average molecular weight is 187 g/mol. The van der Waals surface area contributed by atoms with Crippen molar-refractivity contribution in [3.05, 3.63) is 48.3 Å². The van der Waals surface area contributed by atoms with Crippen molar-refractivity contribution in [1.29, 1.82) is 0 Å². The molecule has 0 amide bonds. The van der Waals surface area contributed by atoms with Gasteiger partial charge in [-0.15, -0.1) is 0 Å². The van der Waals surface area contributed by atoms with Crippen LogP contribution in [0.15, 0.2) is 37.2 Å². The van der Waals surface area contributed by atoms with Crippen molar-refractivity contribution >= 4 is 5.57 Å². The first-order chi connectivity index (χ1) is 6.77. The van der Waals surface area contributed by atoms with E-state index in [1.54, 1.807) is 0 Å². The number of allylic oxidation sites excluding steroid dienone is 3. The van der Waals surface area contributed by atoms with E-state index in [2.05, 4.69) is 37.6 Å². The zero-order chi connectivity index (χ0) is 10.4. The van der Waals surface area contributed by atoms with E-state index < -0.39 is 0 Å². The summed E-state index contributed by atoms with van der Waals surface area (Å²) in [6, 6.07) is 2.14. The highest BCUT2D eigenvalue weighted by Crippen LogP contribution is 2.16. The van der Waals surface area contributed by atoms with Gasteiger partial charge in [-0.25, -0.2) is 0 Å². The summed E-state index contributed by atoms with van der Waals surface area (Å²) >= 11 is 0. The quantitative estimate of drug-likeness (QED) is 0.654. The Hall–Kier alpha value is -1.37. The van der Waals surface area contributed by atoms with Gasteiger partial charge in [0.15, 0.2) is 0 Å². The van der Waals surface area contributed by atoms with E-state index >= 15 is 0 Å². The second-order valence-corrected chi connectivity index (χ2v) is 3.40. The molecule has 0 N–H and O–H groups in total. The number of nitrogens with zero attached hydrogens (tertiary/aromatic N) is 1. The van der Waals surface area contributed by atoms with Crippen LogP contribution >= 0.6 is 0 Å². The molecule has 0 radical (unpaired) electrons. The van der Waals surface area contributed by atoms with Crippen LogP contribution < -0.4 is 0 Å². The van der Waals surface area contributed by atoms with Crippen LogP contribution in [0.4, 0.5) is 0 Å². The topological polar surface area (TPSA) is 12.9 Å². The smallest absolute Gasteiger partial charge is 0.0346 e. The molecular weight excluding hydrogens is 170 g/mol. The van der Waals surface area contributed by atoms with E-state index in [4.69, 9.17) is 0 Å². The molecule has 1 nitrogen and oxygen atoms in total. The normalized spacial score (nSPS) is 11.4. The fraction of sp³-hybridized carbons (Fsp3) is 0.308. The minimum absolute atomic E-state index is 1.09. The van der Waals surface area contributed by atoms with E-state index in [1.165, 1.54) is 11.1 Å². The van der Waals surface area contributed by atoms with E-state index in [0.29, 0.717) is 0 Å². The van der Waals surface area contributed by atoms with Gasteiger partial charge in [0.25, 0.3) is 0 Å². The Morgan fingerprint density at radius 3 is 2.86 bits per heavy atom. The summed E-state index contributed by atoms with van der Waals surface area (Å²) in [5, 5.41) is 0. The molecule has 0 atom stereocenters. The predicted octanol–water partition coefficient (Wildman–Crippen LogP) is 3.76. The Morgan fingerprint density at radius 2 is 2.29 bits per heavy atom. The lowest BCUT2D eigenvalue weighted by molar-refractivity contribution is 0.960. The Labute approximate surface area is 86.2 Å². The van der Waals surface area contributed by atoms with E-state index in [0.717, 1.165) is 18.4 Å². The van der Waals surface area contributed by atoms with Crippen LogP contribution in [0.1, 0.15) is 30.9 Å². The van der Waals surface area contributed by atoms with Crippen LogP contribution in [-0.4, -0.2) is 4.98 Å². The number of unbranched alkanes of at least 4 members (excludes halogenated alkanes) is 1. The molecule has 1 heterocycles. The van der Waals surface area contributed by atoms with Crippen LogP contribution in [0.3, 0.4) is 0 Å². The molecule has 14 heavy (non-hydrogen) atoms. The fourth-order valence-electron chi connectivity index (χ4n) is 1.33. The maximum absolute atomic E-state index is 4.17. The van der Waals surface area contributed by atoms with Gasteiger partial charge in [0.1, 0.15) is 0 Å². The Bertz CT molecular complexity index is 337. The monoisotopic (exact) mass is 187 g/mol. The van der Waals surface area contributed by atoms with Crippen LogP contribution in [0, 0.1) is 6.92 Å². The Balaban J connectivity index is 2.94. The van der Waals surface area contributed by atoms with Crippen molar-refractivity contribution in [1.82, 2.24) is 4.98 Å². The molecule has 1 aromatic heterocycles. The number of hydrogen-bond acceptors (Lipinski definition) is 1. The second kappa shape index (κ2) is 5.38. The lowest BCUT2D eigenvalue weighted by atomic mass is 10.1. The molecule has 1 rings (SSSR count). The number of pyridine rings is 1. The molecule has 0 saturated carbocycles. The summed E-state index contributed by atoms with van der Waals surface area (Å²) in [7, 11) is 0. The van der Waals surface area contributed by atoms with E-state index in [9.17, 15) is 0 Å². The summed E-state index contributed by atoms with van der Waals surface area (Å²) in [6.07, 6.45) is 10.1. The summed E-state index contributed by atoms with van der Waals surface area (Å²) < 4.78 is 0. The third-order valence-corrected chi connectivity index (χ3v) is 2.08. The highest BCUT2D eigenvalue weighted by atomic mass is 14.6. The SMILES string of the molecule is C=C/C(=C\CCC)c1cncc(C)c1. The molecule has 0 aliphatic carbocycles. The largest absolute Gasteiger partial charge is 0.264 e. The van der Waals surface area contributed by atoms with Gasteiger partial charge in [0.2, 0.25) is 0 Å². The molecule has 1 aromatic rings. The van der Waals surface area contributed by atoms with Gasteiger partial charge in [0, 0.05) is 12.4 Å². The van der Waals surface area contributed by atoms with Crippen LogP contribution in [-0.2, 0) is 0 Å². The van der Waals surface area contributed by atoms with Gasteiger partial charge < -0.3 is 0 Å². The fourth-order valence-corrected chi connectivity index (χ4v) is 1.33. The highest BCUT2D eigenvalue weighted by molar-refractivity contribution is 5.73. The first-order valence-corrected chi connectivity index (χ1v) is 5.02. The Kier molecular flexibility index (Phi) is 4.11. The van der Waals surface area contributed by atoms with Crippen LogP contribution in [0.2, 0.25) is 0 Å². The van der Waals surface area contributed by atoms with Gasteiger partial charge in [-0.3, -0.25) is 4.98 Å². The van der Waals surface area contributed by atoms with Crippen LogP contribution in [0.25, 0.3) is 5.57 Å². The van der Waals surface area contributed by atoms with Crippen molar-refractivity contribution in [3.63, 3.8) is 0 Å². The molecular formula is C13H17N. The number of aromatic nitrogens is 1. The van der Waals surface area contributed by atoms with Crippen molar-refractivity contribution in [3.8, 4) is 0 Å². The molecule has 0 aromatic carbocycles. The summed E-state index contributed by atoms with van der Waals surface area (Å²) in [4.78, 5) is 4.17. The summed E-state index contributed by atoms with van der Waals surface area (Å²) in [5.74, 6) is 0. The molecule has 0 aliphatic rings. The molecule has 0 aliphatic heterocycles. The van der Waals surface area contributed by atoms with Gasteiger partial charge in [0.05, 0.1) is 0 Å². The number of rotatable bonds is 4. The highest BCUT2D eigenvalue weighted by Gasteiger charge is 1.97. The minimum atomic E-state index is 1.09. The molecule has 0 bridgehead atoms. The molecule has 1 heteroatoms.